The Morgan fingerprint density at radius 1 is 1.53 bits per heavy atom. The number of benzene rings is 1. The lowest BCUT2D eigenvalue weighted by molar-refractivity contribution is -0.383. The van der Waals surface area contributed by atoms with Gasteiger partial charge in [-0.25, -0.2) is 0 Å². The molecule has 1 saturated carbocycles. The summed E-state index contributed by atoms with van der Waals surface area (Å²) < 4.78 is 0. The van der Waals surface area contributed by atoms with Gasteiger partial charge in [0.1, 0.15) is 5.69 Å². The minimum Gasteiger partial charge on any atom is -0.393 e. The molecule has 0 radical (unpaired) electrons. The molecule has 0 bridgehead atoms. The molecule has 0 saturated heterocycles. The molecule has 1 aliphatic carbocycles. The van der Waals surface area contributed by atoms with Crippen molar-refractivity contribution in [2.75, 3.05) is 12.3 Å². The molecular formula is C13H16N4O2. The molecule has 6 heteroatoms. The van der Waals surface area contributed by atoms with Crippen molar-refractivity contribution in [2.45, 2.75) is 31.8 Å². The summed E-state index contributed by atoms with van der Waals surface area (Å²) in [7, 11) is 0. The van der Waals surface area contributed by atoms with Crippen LogP contribution in [0.25, 0.3) is 0 Å². The molecule has 0 aliphatic heterocycles. The number of hydrogen-bond donors (Lipinski definition) is 1. The Kier molecular flexibility index (Phi) is 3.97. The van der Waals surface area contributed by atoms with Gasteiger partial charge in [0.05, 0.1) is 11.0 Å². The summed E-state index contributed by atoms with van der Waals surface area (Å²) in [5.74, 6) is 0. The molecule has 1 aromatic carbocycles. The van der Waals surface area contributed by atoms with Gasteiger partial charge in [-0.3, -0.25) is 15.0 Å². The highest BCUT2D eigenvalue weighted by Crippen LogP contribution is 2.29. The fourth-order valence-electron chi connectivity index (χ4n) is 2.13. The lowest BCUT2D eigenvalue weighted by Crippen LogP contribution is -2.26. The van der Waals surface area contributed by atoms with Crippen LogP contribution in [0.1, 0.15) is 24.8 Å². The second kappa shape index (κ2) is 5.67. The molecule has 100 valence electrons. The number of rotatable bonds is 6. The zero-order valence-corrected chi connectivity index (χ0v) is 10.6. The van der Waals surface area contributed by atoms with Crippen LogP contribution in [-0.4, -0.2) is 22.4 Å². The predicted molar refractivity (Wildman–Crippen MR) is 71.2 cm³/mol. The van der Waals surface area contributed by atoms with Gasteiger partial charge >= 0.3 is 0 Å². The summed E-state index contributed by atoms with van der Waals surface area (Å²) in [5.41, 5.74) is 6.77. The van der Waals surface area contributed by atoms with E-state index in [0.29, 0.717) is 19.0 Å². The van der Waals surface area contributed by atoms with Gasteiger partial charge in [0.15, 0.2) is 0 Å². The van der Waals surface area contributed by atoms with E-state index in [-0.39, 0.29) is 11.4 Å². The standard InChI is InChI=1S/C13H16N4O2/c14-6-1-7-16(11-3-4-11)9-10-2-5-13(17(18)19)12(15)8-10/h2,5,8,11H,1,3-4,7,9,15H2. The van der Waals surface area contributed by atoms with Gasteiger partial charge in [-0.05, 0) is 24.5 Å². The third-order valence-corrected chi connectivity index (χ3v) is 3.25. The Bertz CT molecular complexity index is 520. The molecule has 0 atom stereocenters. The maximum Gasteiger partial charge on any atom is 0.292 e. The molecule has 0 unspecified atom stereocenters. The molecule has 6 nitrogen and oxygen atoms in total. The normalized spacial score (nSPS) is 14.3. The van der Waals surface area contributed by atoms with Crippen LogP contribution in [0.4, 0.5) is 11.4 Å². The monoisotopic (exact) mass is 260 g/mol. The van der Waals surface area contributed by atoms with E-state index in [1.807, 2.05) is 0 Å². The Balaban J connectivity index is 2.07. The van der Waals surface area contributed by atoms with Gasteiger partial charge in [0.25, 0.3) is 5.69 Å². The highest BCUT2D eigenvalue weighted by Gasteiger charge is 2.28. The number of nitrogens with zero attached hydrogens (tertiary/aromatic N) is 3. The lowest BCUT2D eigenvalue weighted by Gasteiger charge is -2.20. The molecule has 0 aromatic heterocycles. The van der Waals surface area contributed by atoms with Crippen molar-refractivity contribution < 1.29 is 4.92 Å². The maximum atomic E-state index is 10.7. The number of nitro groups is 1. The minimum atomic E-state index is -0.479. The molecular weight excluding hydrogens is 244 g/mol. The summed E-state index contributed by atoms with van der Waals surface area (Å²) in [6.45, 7) is 1.42. The van der Waals surface area contributed by atoms with Crippen molar-refractivity contribution in [3.8, 4) is 6.07 Å². The molecule has 1 aromatic rings. The Morgan fingerprint density at radius 3 is 2.79 bits per heavy atom. The molecule has 0 heterocycles. The molecule has 0 spiro atoms. The number of anilines is 1. The molecule has 1 aliphatic rings. The third-order valence-electron chi connectivity index (χ3n) is 3.25. The lowest BCUT2D eigenvalue weighted by atomic mass is 10.1. The maximum absolute atomic E-state index is 10.7. The van der Waals surface area contributed by atoms with E-state index in [4.69, 9.17) is 11.0 Å². The van der Waals surface area contributed by atoms with Crippen LogP contribution in [0.2, 0.25) is 0 Å². The summed E-state index contributed by atoms with van der Waals surface area (Å²) in [6, 6.07) is 7.52. The zero-order valence-electron chi connectivity index (χ0n) is 10.6. The summed E-state index contributed by atoms with van der Waals surface area (Å²) in [5, 5.41) is 19.3. The van der Waals surface area contributed by atoms with Crippen LogP contribution in [0.15, 0.2) is 18.2 Å². The SMILES string of the molecule is N#CCCN(Cc1ccc([N+](=O)[O-])c(N)c1)C1CC1. The Morgan fingerprint density at radius 2 is 2.26 bits per heavy atom. The van der Waals surface area contributed by atoms with Gasteiger partial charge in [-0.1, -0.05) is 6.07 Å². The van der Waals surface area contributed by atoms with Crippen molar-refractivity contribution >= 4 is 11.4 Å². The number of nitriles is 1. The first-order valence-corrected chi connectivity index (χ1v) is 6.25. The summed E-state index contributed by atoms with van der Waals surface area (Å²) in [4.78, 5) is 12.5. The number of nitro benzene ring substituents is 1. The van der Waals surface area contributed by atoms with E-state index in [1.54, 1.807) is 12.1 Å². The first-order valence-electron chi connectivity index (χ1n) is 6.25. The Hall–Kier alpha value is -2.13. The van der Waals surface area contributed by atoms with Crippen molar-refractivity contribution in [1.82, 2.24) is 4.90 Å². The van der Waals surface area contributed by atoms with E-state index in [9.17, 15) is 10.1 Å². The average molecular weight is 260 g/mol. The fraction of sp³-hybridized carbons (Fsp3) is 0.462. The van der Waals surface area contributed by atoms with E-state index >= 15 is 0 Å². The van der Waals surface area contributed by atoms with Crippen LogP contribution in [-0.2, 0) is 6.54 Å². The van der Waals surface area contributed by atoms with Gasteiger partial charge in [-0.15, -0.1) is 0 Å². The molecule has 0 amide bonds. The van der Waals surface area contributed by atoms with Crippen LogP contribution in [0.3, 0.4) is 0 Å². The highest BCUT2D eigenvalue weighted by atomic mass is 16.6. The van der Waals surface area contributed by atoms with Crippen molar-refractivity contribution in [1.29, 1.82) is 5.26 Å². The second-order valence-electron chi connectivity index (χ2n) is 4.76. The smallest absolute Gasteiger partial charge is 0.292 e. The molecule has 2 N–H and O–H groups in total. The van der Waals surface area contributed by atoms with E-state index in [0.717, 1.165) is 24.9 Å². The van der Waals surface area contributed by atoms with Gasteiger partial charge in [-0.2, -0.15) is 5.26 Å². The minimum absolute atomic E-state index is 0.0567. The van der Waals surface area contributed by atoms with E-state index in [1.165, 1.54) is 6.07 Å². The number of nitrogen functional groups attached to an aromatic ring is 1. The van der Waals surface area contributed by atoms with Crippen LogP contribution < -0.4 is 5.73 Å². The zero-order chi connectivity index (χ0) is 13.8. The molecule has 19 heavy (non-hydrogen) atoms. The van der Waals surface area contributed by atoms with Crippen molar-refractivity contribution in [3.63, 3.8) is 0 Å². The van der Waals surface area contributed by atoms with Crippen LogP contribution in [0.5, 0.6) is 0 Å². The number of nitrogens with two attached hydrogens (primary N) is 1. The first kappa shape index (κ1) is 13.3. The summed E-state index contributed by atoms with van der Waals surface area (Å²) in [6.07, 6.45) is 2.82. The van der Waals surface area contributed by atoms with Gasteiger partial charge < -0.3 is 5.73 Å². The highest BCUT2D eigenvalue weighted by molar-refractivity contribution is 5.59. The van der Waals surface area contributed by atoms with Crippen LogP contribution in [0, 0.1) is 21.4 Å². The van der Waals surface area contributed by atoms with E-state index < -0.39 is 4.92 Å². The molecule has 1 fully saturated rings. The number of hydrogen-bond acceptors (Lipinski definition) is 5. The fourth-order valence-corrected chi connectivity index (χ4v) is 2.13. The second-order valence-corrected chi connectivity index (χ2v) is 4.76. The van der Waals surface area contributed by atoms with Crippen LogP contribution >= 0.6 is 0 Å². The summed E-state index contributed by atoms with van der Waals surface area (Å²) >= 11 is 0. The Labute approximate surface area is 111 Å². The third kappa shape index (κ3) is 3.42. The average Bonchev–Trinajstić information content (AvgIpc) is 3.18. The molecule has 2 rings (SSSR count). The first-order chi connectivity index (χ1) is 9.11. The van der Waals surface area contributed by atoms with Crippen molar-refractivity contribution in [3.05, 3.63) is 33.9 Å². The predicted octanol–water partition coefficient (Wildman–Crippen LogP) is 2.06. The van der Waals surface area contributed by atoms with E-state index in [2.05, 4.69) is 11.0 Å². The largest absolute Gasteiger partial charge is 0.393 e. The van der Waals surface area contributed by atoms with Crippen molar-refractivity contribution in [2.24, 2.45) is 0 Å². The van der Waals surface area contributed by atoms with Gasteiger partial charge in [0.2, 0.25) is 0 Å². The quantitative estimate of drug-likeness (QED) is 0.479. The topological polar surface area (TPSA) is 96.2 Å². The van der Waals surface area contributed by atoms with Gasteiger partial charge in [0, 0.05) is 31.6 Å².